The molecule has 26 heavy (non-hydrogen) atoms. The Morgan fingerprint density at radius 3 is 2.85 bits per heavy atom. The Morgan fingerprint density at radius 1 is 1.35 bits per heavy atom. The van der Waals surface area contributed by atoms with E-state index < -0.39 is 6.04 Å². The molecule has 5 nitrogen and oxygen atoms in total. The van der Waals surface area contributed by atoms with Crippen LogP contribution >= 0.6 is 24.2 Å². The van der Waals surface area contributed by atoms with Gasteiger partial charge in [-0.05, 0) is 49.9 Å². The molecule has 0 saturated carbocycles. The van der Waals surface area contributed by atoms with Crippen molar-refractivity contribution >= 4 is 36.0 Å². The van der Waals surface area contributed by atoms with Gasteiger partial charge in [-0.15, -0.1) is 24.2 Å². The van der Waals surface area contributed by atoms with E-state index in [1.54, 1.807) is 18.2 Å². The number of carbonyl (C=O) groups is 2. The zero-order valence-electron chi connectivity index (χ0n) is 14.5. The molecule has 144 valence electrons. The van der Waals surface area contributed by atoms with Crippen LogP contribution in [0.5, 0.6) is 0 Å². The van der Waals surface area contributed by atoms with Gasteiger partial charge in [0.2, 0.25) is 11.8 Å². The van der Waals surface area contributed by atoms with Crippen molar-refractivity contribution in [3.05, 3.63) is 35.6 Å². The number of rotatable bonds is 5. The SMILES string of the molecule is Cl.O=C(NCC1CCCNC1)C1CSC(Cc2ccccc2F)C(=O)N1. The van der Waals surface area contributed by atoms with Gasteiger partial charge in [0, 0.05) is 12.3 Å². The summed E-state index contributed by atoms with van der Waals surface area (Å²) in [6.45, 7) is 2.61. The highest BCUT2D eigenvalue weighted by Gasteiger charge is 2.32. The fourth-order valence-corrected chi connectivity index (χ4v) is 4.39. The van der Waals surface area contributed by atoms with E-state index in [-0.39, 0.29) is 35.3 Å². The molecule has 3 unspecified atom stereocenters. The largest absolute Gasteiger partial charge is 0.354 e. The third-order valence-electron chi connectivity index (χ3n) is 4.72. The van der Waals surface area contributed by atoms with Gasteiger partial charge < -0.3 is 16.0 Å². The summed E-state index contributed by atoms with van der Waals surface area (Å²) >= 11 is 1.42. The molecule has 2 amide bonds. The lowest BCUT2D eigenvalue weighted by molar-refractivity contribution is -0.128. The van der Waals surface area contributed by atoms with Gasteiger partial charge in [0.05, 0.1) is 5.25 Å². The lowest BCUT2D eigenvalue weighted by atomic mass is 10.00. The Kier molecular flexibility index (Phi) is 8.18. The second-order valence-corrected chi connectivity index (χ2v) is 7.87. The second-order valence-electron chi connectivity index (χ2n) is 6.64. The van der Waals surface area contributed by atoms with Gasteiger partial charge in [-0.2, -0.15) is 0 Å². The van der Waals surface area contributed by atoms with Crippen molar-refractivity contribution in [3.63, 3.8) is 0 Å². The fraction of sp³-hybridized carbons (Fsp3) is 0.556. The quantitative estimate of drug-likeness (QED) is 0.699. The Balaban J connectivity index is 0.00000243. The summed E-state index contributed by atoms with van der Waals surface area (Å²) in [5.74, 6) is 0.352. The van der Waals surface area contributed by atoms with Gasteiger partial charge in [0.25, 0.3) is 0 Å². The highest BCUT2D eigenvalue weighted by molar-refractivity contribution is 8.00. The van der Waals surface area contributed by atoms with Crippen LogP contribution in [0, 0.1) is 11.7 Å². The first-order valence-electron chi connectivity index (χ1n) is 8.77. The van der Waals surface area contributed by atoms with E-state index in [9.17, 15) is 14.0 Å². The Labute approximate surface area is 163 Å². The van der Waals surface area contributed by atoms with Crippen molar-refractivity contribution in [2.75, 3.05) is 25.4 Å². The van der Waals surface area contributed by atoms with Crippen molar-refractivity contribution in [3.8, 4) is 0 Å². The minimum atomic E-state index is -0.508. The summed E-state index contributed by atoms with van der Waals surface area (Å²) in [4.78, 5) is 24.6. The number of halogens is 2. The van der Waals surface area contributed by atoms with E-state index in [1.165, 1.54) is 17.8 Å². The molecule has 3 rings (SSSR count). The second kappa shape index (κ2) is 10.1. The van der Waals surface area contributed by atoms with E-state index in [0.717, 1.165) is 25.9 Å². The number of amides is 2. The van der Waals surface area contributed by atoms with Crippen molar-refractivity contribution in [2.45, 2.75) is 30.6 Å². The normalized spacial score (nSPS) is 25.7. The fourth-order valence-electron chi connectivity index (χ4n) is 3.22. The molecule has 0 aromatic heterocycles. The van der Waals surface area contributed by atoms with Crippen LogP contribution in [-0.4, -0.2) is 48.5 Å². The maximum absolute atomic E-state index is 13.7. The van der Waals surface area contributed by atoms with Crippen LogP contribution in [0.2, 0.25) is 0 Å². The minimum Gasteiger partial charge on any atom is -0.354 e. The number of hydrogen-bond acceptors (Lipinski definition) is 4. The molecule has 0 bridgehead atoms. The van der Waals surface area contributed by atoms with Crippen LogP contribution in [0.4, 0.5) is 4.39 Å². The zero-order chi connectivity index (χ0) is 17.6. The molecular weight excluding hydrogens is 377 g/mol. The summed E-state index contributed by atoms with van der Waals surface area (Å²) in [6, 6.07) is 5.98. The number of thioether (sulfide) groups is 1. The topological polar surface area (TPSA) is 70.2 Å². The first kappa shape index (κ1) is 21.0. The van der Waals surface area contributed by atoms with Crippen molar-refractivity contribution in [2.24, 2.45) is 5.92 Å². The maximum Gasteiger partial charge on any atom is 0.243 e. The van der Waals surface area contributed by atoms with Crippen molar-refractivity contribution < 1.29 is 14.0 Å². The number of benzene rings is 1. The standard InChI is InChI=1S/C18H24FN3O2S.ClH/c19-14-6-2-1-5-13(14)8-16-18(24)22-15(11-25-16)17(23)21-10-12-4-3-7-20-9-12;/h1-2,5-6,12,15-16,20H,3-4,7-11H2,(H,21,23)(H,22,24);1H. The van der Waals surface area contributed by atoms with Gasteiger partial charge in [-0.25, -0.2) is 4.39 Å². The van der Waals surface area contributed by atoms with E-state index in [1.807, 2.05) is 0 Å². The monoisotopic (exact) mass is 401 g/mol. The molecule has 2 saturated heterocycles. The Morgan fingerprint density at radius 2 is 2.15 bits per heavy atom. The lowest BCUT2D eigenvalue weighted by Crippen LogP contribution is -2.55. The summed E-state index contributed by atoms with van der Waals surface area (Å²) in [7, 11) is 0. The summed E-state index contributed by atoms with van der Waals surface area (Å²) in [5.41, 5.74) is 0.530. The summed E-state index contributed by atoms with van der Waals surface area (Å²) < 4.78 is 13.7. The number of hydrogen-bond donors (Lipinski definition) is 3. The number of nitrogens with one attached hydrogen (secondary N) is 3. The highest BCUT2D eigenvalue weighted by atomic mass is 35.5. The molecule has 0 spiro atoms. The first-order valence-corrected chi connectivity index (χ1v) is 9.82. The molecule has 3 atom stereocenters. The minimum absolute atomic E-state index is 0. The average molecular weight is 402 g/mol. The molecule has 8 heteroatoms. The molecule has 0 radical (unpaired) electrons. The van der Waals surface area contributed by atoms with E-state index in [2.05, 4.69) is 16.0 Å². The van der Waals surface area contributed by atoms with Crippen LogP contribution in [0.25, 0.3) is 0 Å². The average Bonchev–Trinajstić information content (AvgIpc) is 2.64. The van der Waals surface area contributed by atoms with Crippen LogP contribution in [0.15, 0.2) is 24.3 Å². The third-order valence-corrected chi connectivity index (χ3v) is 6.03. The molecule has 1 aromatic carbocycles. The first-order chi connectivity index (χ1) is 12.1. The number of piperidine rings is 1. The molecule has 0 aliphatic carbocycles. The van der Waals surface area contributed by atoms with Crippen LogP contribution in [-0.2, 0) is 16.0 Å². The van der Waals surface area contributed by atoms with E-state index in [0.29, 0.717) is 30.2 Å². The summed E-state index contributed by atoms with van der Waals surface area (Å²) in [5, 5.41) is 8.70. The molecule has 3 N–H and O–H groups in total. The number of carbonyl (C=O) groups excluding carboxylic acids is 2. The van der Waals surface area contributed by atoms with Gasteiger partial charge in [0.1, 0.15) is 11.9 Å². The van der Waals surface area contributed by atoms with Crippen LogP contribution in [0.3, 0.4) is 0 Å². The molecule has 2 heterocycles. The zero-order valence-corrected chi connectivity index (χ0v) is 16.1. The third kappa shape index (κ3) is 5.59. The molecule has 2 fully saturated rings. The molecular formula is C18H25ClFN3O2S. The predicted molar refractivity (Wildman–Crippen MR) is 104 cm³/mol. The van der Waals surface area contributed by atoms with Crippen LogP contribution < -0.4 is 16.0 Å². The van der Waals surface area contributed by atoms with E-state index in [4.69, 9.17) is 0 Å². The van der Waals surface area contributed by atoms with Crippen molar-refractivity contribution in [1.82, 2.24) is 16.0 Å². The van der Waals surface area contributed by atoms with Gasteiger partial charge in [0.15, 0.2) is 0 Å². The smallest absolute Gasteiger partial charge is 0.243 e. The molecule has 1 aromatic rings. The Hall–Kier alpha value is -1.31. The Bertz CT molecular complexity index is 628. The van der Waals surface area contributed by atoms with E-state index >= 15 is 0 Å². The van der Waals surface area contributed by atoms with Gasteiger partial charge in [-0.3, -0.25) is 9.59 Å². The highest BCUT2D eigenvalue weighted by Crippen LogP contribution is 2.23. The van der Waals surface area contributed by atoms with Gasteiger partial charge in [-0.1, -0.05) is 18.2 Å². The maximum atomic E-state index is 13.7. The van der Waals surface area contributed by atoms with Gasteiger partial charge >= 0.3 is 0 Å². The summed E-state index contributed by atoms with van der Waals surface area (Å²) in [6.07, 6.45) is 2.59. The molecule has 2 aliphatic heterocycles. The van der Waals surface area contributed by atoms with Crippen LogP contribution in [0.1, 0.15) is 18.4 Å². The lowest BCUT2D eigenvalue weighted by Gasteiger charge is -2.29. The van der Waals surface area contributed by atoms with Crippen molar-refractivity contribution in [1.29, 1.82) is 0 Å². The molecule has 2 aliphatic rings. The predicted octanol–water partition coefficient (Wildman–Crippen LogP) is 1.51.